The van der Waals surface area contributed by atoms with E-state index >= 15 is 0 Å². The third kappa shape index (κ3) is 5.26. The molecule has 0 bridgehead atoms. The van der Waals surface area contributed by atoms with Crippen LogP contribution in [0.3, 0.4) is 0 Å². The maximum Gasteiger partial charge on any atom is 0.415 e. The molecule has 3 rings (SSSR count). The van der Waals surface area contributed by atoms with Crippen LogP contribution in [0.15, 0.2) is 48.7 Å². The van der Waals surface area contributed by atoms with E-state index in [4.69, 9.17) is 4.74 Å². The van der Waals surface area contributed by atoms with Crippen molar-refractivity contribution in [3.63, 3.8) is 0 Å². The van der Waals surface area contributed by atoms with Crippen molar-refractivity contribution in [1.82, 2.24) is 9.47 Å². The molecule has 0 spiro atoms. The average molecular weight is 422 g/mol. The molecule has 0 aliphatic heterocycles. The van der Waals surface area contributed by atoms with Gasteiger partial charge in [0.25, 0.3) is 0 Å². The molecule has 0 aliphatic rings. The van der Waals surface area contributed by atoms with Gasteiger partial charge in [0.05, 0.1) is 11.2 Å². The highest BCUT2D eigenvalue weighted by Crippen LogP contribution is 2.35. The molecular weight excluding hydrogens is 390 g/mol. The fourth-order valence-electron chi connectivity index (χ4n) is 3.68. The number of aryl methyl sites for hydroxylation is 1. The summed E-state index contributed by atoms with van der Waals surface area (Å²) in [6, 6.07) is 14.1. The number of aromatic nitrogens is 1. The van der Waals surface area contributed by atoms with Gasteiger partial charge in [0.1, 0.15) is 0 Å². The summed E-state index contributed by atoms with van der Waals surface area (Å²) in [6.45, 7) is 9.68. The Balaban J connectivity index is 1.99. The molecule has 2 aromatic carbocycles. The van der Waals surface area contributed by atoms with Crippen molar-refractivity contribution in [2.75, 3.05) is 18.4 Å². The molecule has 2 amide bonds. The standard InChI is InChI=1S/C25H31N3O3/c1-5-9-23(29)26-24-20-14-15-28(17-19-11-8-10-18(4)16-19)21(20)12-13-22(24)31-25(30)27(6-2)7-3/h8,10-16H,5-7,9,17H2,1-4H3,(H,26,29). The van der Waals surface area contributed by atoms with Gasteiger partial charge in [-0.3, -0.25) is 4.79 Å². The third-order valence-electron chi connectivity index (χ3n) is 5.31. The van der Waals surface area contributed by atoms with Gasteiger partial charge < -0.3 is 19.5 Å². The van der Waals surface area contributed by atoms with Crippen molar-refractivity contribution < 1.29 is 14.3 Å². The van der Waals surface area contributed by atoms with E-state index in [0.717, 1.165) is 17.3 Å². The van der Waals surface area contributed by atoms with E-state index < -0.39 is 6.09 Å². The lowest BCUT2D eigenvalue weighted by molar-refractivity contribution is -0.116. The van der Waals surface area contributed by atoms with Gasteiger partial charge >= 0.3 is 6.09 Å². The third-order valence-corrected chi connectivity index (χ3v) is 5.31. The number of anilines is 1. The SMILES string of the molecule is CCCC(=O)Nc1c(OC(=O)N(CC)CC)ccc2c1ccn2Cc1cccc(C)c1. The van der Waals surface area contributed by atoms with E-state index in [1.54, 1.807) is 11.0 Å². The van der Waals surface area contributed by atoms with Crippen LogP contribution in [0.1, 0.15) is 44.7 Å². The van der Waals surface area contributed by atoms with Gasteiger partial charge in [0.15, 0.2) is 5.75 Å². The summed E-state index contributed by atoms with van der Waals surface area (Å²) in [5.74, 6) is 0.267. The predicted molar refractivity (Wildman–Crippen MR) is 125 cm³/mol. The fraction of sp³-hybridized carbons (Fsp3) is 0.360. The normalized spacial score (nSPS) is 10.8. The zero-order valence-electron chi connectivity index (χ0n) is 18.8. The predicted octanol–water partition coefficient (Wildman–Crippen LogP) is 5.58. The molecule has 0 unspecified atom stereocenters. The Morgan fingerprint density at radius 1 is 1.06 bits per heavy atom. The minimum Gasteiger partial charge on any atom is -0.408 e. The van der Waals surface area contributed by atoms with E-state index in [2.05, 4.69) is 41.1 Å². The van der Waals surface area contributed by atoms with Gasteiger partial charge in [0, 0.05) is 37.6 Å². The lowest BCUT2D eigenvalue weighted by atomic mass is 10.1. The zero-order chi connectivity index (χ0) is 22.4. The summed E-state index contributed by atoms with van der Waals surface area (Å²) in [6.07, 6.45) is 2.72. The van der Waals surface area contributed by atoms with Gasteiger partial charge in [0.2, 0.25) is 5.91 Å². The second-order valence-electron chi connectivity index (χ2n) is 7.64. The largest absolute Gasteiger partial charge is 0.415 e. The first-order valence-electron chi connectivity index (χ1n) is 10.9. The van der Waals surface area contributed by atoms with Crippen molar-refractivity contribution in [3.8, 4) is 5.75 Å². The molecule has 6 heteroatoms. The zero-order valence-corrected chi connectivity index (χ0v) is 18.8. The van der Waals surface area contributed by atoms with Gasteiger partial charge in [-0.1, -0.05) is 36.8 Å². The van der Waals surface area contributed by atoms with Crippen molar-refractivity contribution in [3.05, 3.63) is 59.8 Å². The first kappa shape index (κ1) is 22.4. The number of carbonyl (C=O) groups is 2. The van der Waals surface area contributed by atoms with Gasteiger partial charge in [-0.15, -0.1) is 0 Å². The van der Waals surface area contributed by atoms with Crippen LogP contribution in [0.5, 0.6) is 5.75 Å². The van der Waals surface area contributed by atoms with E-state index in [1.165, 1.54) is 11.1 Å². The second kappa shape index (κ2) is 10.2. The molecule has 0 radical (unpaired) electrons. The quantitative estimate of drug-likeness (QED) is 0.517. The lowest BCUT2D eigenvalue weighted by Gasteiger charge is -2.20. The highest BCUT2D eigenvalue weighted by Gasteiger charge is 2.19. The molecule has 1 heterocycles. The lowest BCUT2D eigenvalue weighted by Crippen LogP contribution is -2.33. The van der Waals surface area contributed by atoms with Crippen LogP contribution in [-0.2, 0) is 11.3 Å². The highest BCUT2D eigenvalue weighted by molar-refractivity contribution is 6.04. The molecular formula is C25H31N3O3. The number of hydrogen-bond donors (Lipinski definition) is 1. The molecule has 0 aliphatic carbocycles. The molecule has 6 nitrogen and oxygen atoms in total. The maximum atomic E-state index is 12.5. The van der Waals surface area contributed by atoms with Crippen molar-refractivity contribution in [1.29, 1.82) is 0 Å². The van der Waals surface area contributed by atoms with Gasteiger partial charge in [-0.05, 0) is 51.0 Å². The van der Waals surface area contributed by atoms with E-state index in [1.807, 2.05) is 39.1 Å². The summed E-state index contributed by atoms with van der Waals surface area (Å²) in [5, 5.41) is 3.82. The number of nitrogens with zero attached hydrogens (tertiary/aromatic N) is 2. The molecule has 0 saturated heterocycles. The molecule has 0 saturated carbocycles. The fourth-order valence-corrected chi connectivity index (χ4v) is 3.68. The van der Waals surface area contributed by atoms with Crippen molar-refractivity contribution >= 4 is 28.6 Å². The number of ether oxygens (including phenoxy) is 1. The van der Waals surface area contributed by atoms with Crippen LogP contribution in [-0.4, -0.2) is 34.6 Å². The Hall–Kier alpha value is -3.28. The average Bonchev–Trinajstić information content (AvgIpc) is 3.14. The van der Waals surface area contributed by atoms with Crippen LogP contribution in [0, 0.1) is 6.92 Å². The highest BCUT2D eigenvalue weighted by atomic mass is 16.6. The topological polar surface area (TPSA) is 63.6 Å². The smallest absolute Gasteiger partial charge is 0.408 e. The van der Waals surface area contributed by atoms with Crippen LogP contribution in [0.2, 0.25) is 0 Å². The van der Waals surface area contributed by atoms with Crippen LogP contribution in [0.4, 0.5) is 10.5 Å². The van der Waals surface area contributed by atoms with Crippen LogP contribution >= 0.6 is 0 Å². The molecule has 0 atom stereocenters. The summed E-state index contributed by atoms with van der Waals surface area (Å²) in [4.78, 5) is 26.5. The number of amides is 2. The van der Waals surface area contributed by atoms with Gasteiger partial charge in [-0.25, -0.2) is 4.79 Å². The minimum absolute atomic E-state index is 0.0958. The number of rotatable bonds is 8. The summed E-state index contributed by atoms with van der Waals surface area (Å²) < 4.78 is 7.82. The van der Waals surface area contributed by atoms with Crippen molar-refractivity contribution in [2.24, 2.45) is 0 Å². The monoisotopic (exact) mass is 421 g/mol. The number of carbonyl (C=O) groups excluding carboxylic acids is 2. The maximum absolute atomic E-state index is 12.5. The molecule has 31 heavy (non-hydrogen) atoms. The number of benzene rings is 2. The molecule has 1 aromatic heterocycles. The van der Waals surface area contributed by atoms with E-state index in [9.17, 15) is 9.59 Å². The Labute approximate surface area is 183 Å². The second-order valence-corrected chi connectivity index (χ2v) is 7.64. The first-order chi connectivity index (χ1) is 15.0. The van der Waals surface area contributed by atoms with Gasteiger partial charge in [-0.2, -0.15) is 0 Å². The molecule has 164 valence electrons. The number of nitrogens with one attached hydrogen (secondary N) is 1. The minimum atomic E-state index is -0.422. The Morgan fingerprint density at radius 3 is 2.52 bits per heavy atom. The summed E-state index contributed by atoms with van der Waals surface area (Å²) in [5.41, 5.74) is 3.92. The van der Waals surface area contributed by atoms with Crippen LogP contribution < -0.4 is 10.1 Å². The summed E-state index contributed by atoms with van der Waals surface area (Å²) >= 11 is 0. The summed E-state index contributed by atoms with van der Waals surface area (Å²) in [7, 11) is 0. The number of fused-ring (bicyclic) bond motifs is 1. The Morgan fingerprint density at radius 2 is 1.84 bits per heavy atom. The Kier molecular flexibility index (Phi) is 7.34. The van der Waals surface area contributed by atoms with E-state index in [0.29, 0.717) is 37.5 Å². The molecule has 3 aromatic rings. The molecule has 1 N–H and O–H groups in total. The number of hydrogen-bond acceptors (Lipinski definition) is 3. The van der Waals surface area contributed by atoms with Crippen LogP contribution in [0.25, 0.3) is 10.9 Å². The van der Waals surface area contributed by atoms with Crippen molar-refractivity contribution in [2.45, 2.75) is 47.1 Å². The molecule has 0 fully saturated rings. The van der Waals surface area contributed by atoms with E-state index in [-0.39, 0.29) is 5.91 Å². The first-order valence-corrected chi connectivity index (χ1v) is 10.9. The Bertz CT molecular complexity index is 1070.